The Hall–Kier alpha value is -2.77. The second kappa shape index (κ2) is 9.82. The van der Waals surface area contributed by atoms with Gasteiger partial charge in [0.05, 0.1) is 13.5 Å². The van der Waals surface area contributed by atoms with Gasteiger partial charge in [-0.25, -0.2) is 0 Å². The molecule has 2 N–H and O–H groups in total. The molecule has 3 rings (SSSR count). The van der Waals surface area contributed by atoms with Gasteiger partial charge in [0.2, 0.25) is 0 Å². The zero-order valence-corrected chi connectivity index (χ0v) is 17.6. The molecule has 0 aliphatic carbocycles. The maximum atomic E-state index is 12.5. The number of aliphatic hydroxyl groups is 1. The predicted octanol–water partition coefficient (Wildman–Crippen LogP) is 3.19. The van der Waals surface area contributed by atoms with Gasteiger partial charge in [-0.1, -0.05) is 26.0 Å². The van der Waals surface area contributed by atoms with Crippen molar-refractivity contribution < 1.29 is 29.2 Å². The van der Waals surface area contributed by atoms with E-state index in [4.69, 9.17) is 14.2 Å². The van der Waals surface area contributed by atoms with Crippen molar-refractivity contribution in [1.29, 1.82) is 0 Å². The molecule has 2 aromatic carbocycles. The molecule has 0 fully saturated rings. The van der Waals surface area contributed by atoms with E-state index in [0.717, 1.165) is 18.7 Å². The molecule has 1 aliphatic heterocycles. The minimum Gasteiger partial charge on any atom is -0.507 e. The Bertz CT molecular complexity index is 863. The van der Waals surface area contributed by atoms with Gasteiger partial charge in [0, 0.05) is 18.7 Å². The van der Waals surface area contributed by atoms with Crippen LogP contribution in [0.5, 0.6) is 23.0 Å². The Kier molecular flexibility index (Phi) is 7.18. The third kappa shape index (κ3) is 5.04. The average Bonchev–Trinajstić information content (AvgIpc) is 2.75. The molecule has 0 saturated carbocycles. The third-order valence-corrected chi connectivity index (χ3v) is 5.27. The summed E-state index contributed by atoms with van der Waals surface area (Å²) in [6, 6.07) is 10.3. The lowest BCUT2D eigenvalue weighted by Crippen LogP contribution is -2.35. The lowest BCUT2D eigenvalue weighted by molar-refractivity contribution is 0.0715. The molecule has 7 heteroatoms. The topological polar surface area (TPSA) is 88.5 Å². The SMILES string of the molecule is CCN(CC)CC(O)COc1ccc([C@@H]2CC(=O)c3c(O)cc(OC)cc3O2)cc1. The molecule has 7 nitrogen and oxygen atoms in total. The lowest BCUT2D eigenvalue weighted by atomic mass is 9.95. The zero-order valence-electron chi connectivity index (χ0n) is 17.6. The van der Waals surface area contributed by atoms with E-state index < -0.39 is 12.2 Å². The van der Waals surface area contributed by atoms with E-state index >= 15 is 0 Å². The first-order valence-electron chi connectivity index (χ1n) is 10.2. The number of methoxy groups -OCH3 is 1. The van der Waals surface area contributed by atoms with Crippen LogP contribution in [0.3, 0.4) is 0 Å². The number of aliphatic hydroxyl groups excluding tert-OH is 1. The molecule has 1 aliphatic rings. The highest BCUT2D eigenvalue weighted by molar-refractivity contribution is 6.02. The molecule has 0 aromatic heterocycles. The van der Waals surface area contributed by atoms with Crippen LogP contribution in [-0.2, 0) is 0 Å². The number of hydrogen-bond donors (Lipinski definition) is 2. The monoisotopic (exact) mass is 415 g/mol. The van der Waals surface area contributed by atoms with Crippen molar-refractivity contribution in [2.45, 2.75) is 32.5 Å². The summed E-state index contributed by atoms with van der Waals surface area (Å²) >= 11 is 0. The van der Waals surface area contributed by atoms with Crippen molar-refractivity contribution >= 4 is 5.78 Å². The van der Waals surface area contributed by atoms with Crippen LogP contribution in [0.2, 0.25) is 0 Å². The first-order chi connectivity index (χ1) is 14.4. The Labute approximate surface area is 176 Å². The van der Waals surface area contributed by atoms with Crippen molar-refractivity contribution in [2.24, 2.45) is 0 Å². The van der Waals surface area contributed by atoms with Crippen molar-refractivity contribution in [3.8, 4) is 23.0 Å². The van der Waals surface area contributed by atoms with Crippen LogP contribution in [0.1, 0.15) is 42.3 Å². The Morgan fingerprint density at radius 1 is 1.17 bits per heavy atom. The number of fused-ring (bicyclic) bond motifs is 1. The quantitative estimate of drug-likeness (QED) is 0.650. The number of rotatable bonds is 9. The van der Waals surface area contributed by atoms with Gasteiger partial charge in [0.15, 0.2) is 5.78 Å². The highest BCUT2D eigenvalue weighted by Gasteiger charge is 2.31. The van der Waals surface area contributed by atoms with E-state index in [2.05, 4.69) is 18.7 Å². The number of nitrogens with zero attached hydrogens (tertiary/aromatic N) is 1. The Balaban J connectivity index is 1.64. The van der Waals surface area contributed by atoms with Gasteiger partial charge in [-0.3, -0.25) is 4.79 Å². The van der Waals surface area contributed by atoms with Crippen molar-refractivity contribution in [1.82, 2.24) is 4.90 Å². The van der Waals surface area contributed by atoms with Crippen LogP contribution in [0.4, 0.5) is 0 Å². The van der Waals surface area contributed by atoms with Gasteiger partial charge in [-0.2, -0.15) is 0 Å². The summed E-state index contributed by atoms with van der Waals surface area (Å²) in [5.41, 5.74) is 1.02. The van der Waals surface area contributed by atoms with E-state index in [9.17, 15) is 15.0 Å². The molecule has 0 radical (unpaired) electrons. The number of likely N-dealkylation sites (N-methyl/N-ethyl adjacent to an activating group) is 1. The Morgan fingerprint density at radius 2 is 1.87 bits per heavy atom. The summed E-state index contributed by atoms with van der Waals surface area (Å²) < 4.78 is 16.8. The number of benzene rings is 2. The maximum Gasteiger partial charge on any atom is 0.174 e. The van der Waals surface area contributed by atoms with Gasteiger partial charge in [-0.15, -0.1) is 0 Å². The zero-order chi connectivity index (χ0) is 21.7. The second-order valence-electron chi connectivity index (χ2n) is 7.27. The van der Waals surface area contributed by atoms with E-state index in [0.29, 0.717) is 23.8 Å². The van der Waals surface area contributed by atoms with Crippen LogP contribution in [0.15, 0.2) is 36.4 Å². The minimum atomic E-state index is -0.567. The molecule has 2 aromatic rings. The summed E-state index contributed by atoms with van der Waals surface area (Å²) in [7, 11) is 1.49. The fourth-order valence-electron chi connectivity index (χ4n) is 3.52. The molecule has 2 atom stereocenters. The molecular weight excluding hydrogens is 386 g/mol. The summed E-state index contributed by atoms with van der Waals surface area (Å²) in [6.07, 6.45) is -0.891. The number of carbonyl (C=O) groups is 1. The standard InChI is InChI=1S/C23H29NO6/c1-4-24(5-2)13-16(25)14-29-17-8-6-15(7-9-17)21-12-20(27)23-19(26)10-18(28-3)11-22(23)30-21/h6-11,16,21,25-26H,4-5,12-14H2,1-3H3/t16?,21-/m0/s1. The number of carbonyl (C=O) groups excluding carboxylic acids is 1. The first-order valence-corrected chi connectivity index (χ1v) is 10.2. The predicted molar refractivity (Wildman–Crippen MR) is 113 cm³/mol. The number of aromatic hydroxyl groups is 1. The smallest absolute Gasteiger partial charge is 0.174 e. The van der Waals surface area contributed by atoms with Gasteiger partial charge in [0.1, 0.15) is 47.4 Å². The summed E-state index contributed by atoms with van der Waals surface area (Å²) in [5, 5.41) is 20.2. The van der Waals surface area contributed by atoms with Crippen molar-refractivity contribution in [3.63, 3.8) is 0 Å². The van der Waals surface area contributed by atoms with Crippen LogP contribution in [-0.4, -0.2) is 60.4 Å². The molecule has 0 saturated heterocycles. The average molecular weight is 415 g/mol. The minimum absolute atomic E-state index is 0.135. The number of phenolic OH excluding ortho intramolecular Hbond substituents is 1. The second-order valence-corrected chi connectivity index (χ2v) is 7.27. The lowest BCUT2D eigenvalue weighted by Gasteiger charge is -2.26. The number of ketones is 1. The summed E-state index contributed by atoms with van der Waals surface area (Å²) in [5.74, 6) is 1.06. The van der Waals surface area contributed by atoms with Gasteiger partial charge >= 0.3 is 0 Å². The summed E-state index contributed by atoms with van der Waals surface area (Å²) in [6.45, 7) is 6.66. The molecule has 0 bridgehead atoms. The van der Waals surface area contributed by atoms with Crippen LogP contribution in [0, 0.1) is 0 Å². The van der Waals surface area contributed by atoms with E-state index in [1.54, 1.807) is 18.2 Å². The first kappa shape index (κ1) is 21.9. The van der Waals surface area contributed by atoms with Crippen LogP contribution in [0.25, 0.3) is 0 Å². The molecule has 0 spiro atoms. The largest absolute Gasteiger partial charge is 0.507 e. The number of Topliss-reactive ketones (excluding diaryl/α,β-unsaturated/α-hetero) is 1. The molecule has 0 amide bonds. The molecule has 30 heavy (non-hydrogen) atoms. The molecule has 162 valence electrons. The van der Waals surface area contributed by atoms with Gasteiger partial charge in [0.25, 0.3) is 0 Å². The molecular formula is C23H29NO6. The van der Waals surface area contributed by atoms with Crippen molar-refractivity contribution in [2.75, 3.05) is 33.4 Å². The van der Waals surface area contributed by atoms with Crippen LogP contribution < -0.4 is 14.2 Å². The summed E-state index contributed by atoms with van der Waals surface area (Å²) in [4.78, 5) is 14.7. The fraction of sp³-hybridized carbons (Fsp3) is 0.435. The molecule has 1 heterocycles. The number of ether oxygens (including phenoxy) is 3. The van der Waals surface area contributed by atoms with E-state index in [1.165, 1.54) is 13.2 Å². The van der Waals surface area contributed by atoms with Crippen molar-refractivity contribution in [3.05, 3.63) is 47.5 Å². The Morgan fingerprint density at radius 3 is 2.50 bits per heavy atom. The van der Waals surface area contributed by atoms with Crippen LogP contribution >= 0.6 is 0 Å². The highest BCUT2D eigenvalue weighted by atomic mass is 16.5. The third-order valence-electron chi connectivity index (χ3n) is 5.27. The van der Waals surface area contributed by atoms with Gasteiger partial charge in [-0.05, 0) is 30.8 Å². The fourth-order valence-corrected chi connectivity index (χ4v) is 3.52. The van der Waals surface area contributed by atoms with Gasteiger partial charge < -0.3 is 29.3 Å². The van der Waals surface area contributed by atoms with E-state index in [-0.39, 0.29) is 30.1 Å². The normalized spacial score (nSPS) is 16.7. The molecule has 1 unspecified atom stereocenters. The number of phenols is 1. The van der Waals surface area contributed by atoms with E-state index in [1.807, 2.05) is 12.1 Å². The highest BCUT2D eigenvalue weighted by Crippen LogP contribution is 2.41. The maximum absolute atomic E-state index is 12.5. The number of hydrogen-bond acceptors (Lipinski definition) is 7.